The normalized spacial score (nSPS) is 10.4. The molecular formula is C10H7ClFNO3. The lowest BCUT2D eigenvalue weighted by molar-refractivity contribution is -0.131. The molecule has 1 aromatic rings. The number of carbonyl (C=O) groups excluding carboxylic acids is 1. The second-order valence-electron chi connectivity index (χ2n) is 2.78. The van der Waals surface area contributed by atoms with Crippen LogP contribution in [0.5, 0.6) is 0 Å². The van der Waals surface area contributed by atoms with Crippen LogP contribution in [0.4, 0.5) is 10.1 Å². The van der Waals surface area contributed by atoms with Crippen LogP contribution in [-0.2, 0) is 9.59 Å². The zero-order valence-corrected chi connectivity index (χ0v) is 8.66. The second kappa shape index (κ2) is 5.27. The van der Waals surface area contributed by atoms with E-state index in [0.29, 0.717) is 6.08 Å². The van der Waals surface area contributed by atoms with Crippen LogP contribution < -0.4 is 5.32 Å². The van der Waals surface area contributed by atoms with E-state index in [-0.39, 0.29) is 10.7 Å². The molecule has 0 spiro atoms. The lowest BCUT2D eigenvalue weighted by Gasteiger charge is -2.03. The number of rotatable bonds is 3. The molecule has 0 aliphatic rings. The molecule has 0 saturated heterocycles. The highest BCUT2D eigenvalue weighted by molar-refractivity contribution is 6.30. The molecule has 0 unspecified atom stereocenters. The highest BCUT2D eigenvalue weighted by atomic mass is 35.5. The predicted octanol–water partition coefficient (Wildman–Crippen LogP) is 2.06. The Kier molecular flexibility index (Phi) is 4.02. The van der Waals surface area contributed by atoms with E-state index in [0.717, 1.165) is 12.1 Å². The van der Waals surface area contributed by atoms with Crippen LogP contribution in [0.25, 0.3) is 0 Å². The standard InChI is InChI=1S/C10H7ClFNO3/c11-6-1-2-7(12)8(5-6)13-9(14)3-4-10(15)16/h1-5H,(H,13,14)(H,15,16)/b4-3+. The number of aliphatic carboxylic acids is 1. The monoisotopic (exact) mass is 243 g/mol. The molecule has 84 valence electrons. The fourth-order valence-electron chi connectivity index (χ4n) is 0.915. The Morgan fingerprint density at radius 1 is 1.38 bits per heavy atom. The van der Waals surface area contributed by atoms with Gasteiger partial charge in [-0.15, -0.1) is 0 Å². The Hall–Kier alpha value is -1.88. The van der Waals surface area contributed by atoms with E-state index in [1.54, 1.807) is 0 Å². The van der Waals surface area contributed by atoms with E-state index in [1.165, 1.54) is 12.1 Å². The Morgan fingerprint density at radius 2 is 2.06 bits per heavy atom. The van der Waals surface area contributed by atoms with E-state index in [2.05, 4.69) is 5.32 Å². The number of carbonyl (C=O) groups is 2. The molecule has 0 saturated carbocycles. The van der Waals surface area contributed by atoms with E-state index in [4.69, 9.17) is 16.7 Å². The number of benzene rings is 1. The van der Waals surface area contributed by atoms with Gasteiger partial charge in [0.2, 0.25) is 5.91 Å². The largest absolute Gasteiger partial charge is 0.478 e. The molecule has 1 aromatic carbocycles. The highest BCUT2D eigenvalue weighted by Gasteiger charge is 2.05. The van der Waals surface area contributed by atoms with Gasteiger partial charge >= 0.3 is 5.97 Å². The van der Waals surface area contributed by atoms with E-state index >= 15 is 0 Å². The van der Waals surface area contributed by atoms with Crippen molar-refractivity contribution in [1.82, 2.24) is 0 Å². The average Bonchev–Trinajstić information content (AvgIpc) is 2.20. The molecule has 0 bridgehead atoms. The van der Waals surface area contributed by atoms with Crippen LogP contribution in [-0.4, -0.2) is 17.0 Å². The van der Waals surface area contributed by atoms with Gasteiger partial charge in [0.15, 0.2) is 0 Å². The van der Waals surface area contributed by atoms with Gasteiger partial charge in [0.25, 0.3) is 0 Å². The summed E-state index contributed by atoms with van der Waals surface area (Å²) in [4.78, 5) is 21.2. The fourth-order valence-corrected chi connectivity index (χ4v) is 1.09. The minimum atomic E-state index is -1.26. The molecule has 0 fully saturated rings. The van der Waals surface area contributed by atoms with Crippen molar-refractivity contribution in [2.75, 3.05) is 5.32 Å². The highest BCUT2D eigenvalue weighted by Crippen LogP contribution is 2.19. The average molecular weight is 244 g/mol. The number of amides is 1. The number of hydrogen-bond acceptors (Lipinski definition) is 2. The van der Waals surface area contributed by atoms with Crippen molar-refractivity contribution in [3.8, 4) is 0 Å². The topological polar surface area (TPSA) is 66.4 Å². The Morgan fingerprint density at radius 3 is 2.69 bits per heavy atom. The summed E-state index contributed by atoms with van der Waals surface area (Å²) in [6.07, 6.45) is 1.43. The summed E-state index contributed by atoms with van der Waals surface area (Å²) in [5.41, 5.74) is -0.104. The van der Waals surface area contributed by atoms with E-state index < -0.39 is 17.7 Å². The smallest absolute Gasteiger partial charge is 0.328 e. The molecule has 0 aromatic heterocycles. The molecule has 0 aliphatic carbocycles. The fraction of sp³-hybridized carbons (Fsp3) is 0. The zero-order chi connectivity index (χ0) is 12.1. The van der Waals surface area contributed by atoms with Crippen molar-refractivity contribution in [1.29, 1.82) is 0 Å². The first kappa shape index (κ1) is 12.2. The molecule has 0 aliphatic heterocycles. The molecule has 2 N–H and O–H groups in total. The van der Waals surface area contributed by atoms with Crippen molar-refractivity contribution in [2.24, 2.45) is 0 Å². The van der Waals surface area contributed by atoms with Gasteiger partial charge in [-0.3, -0.25) is 4.79 Å². The van der Waals surface area contributed by atoms with E-state index in [9.17, 15) is 14.0 Å². The number of nitrogens with one attached hydrogen (secondary N) is 1. The maximum atomic E-state index is 13.1. The maximum absolute atomic E-state index is 13.1. The quantitative estimate of drug-likeness (QED) is 0.799. The van der Waals surface area contributed by atoms with Crippen molar-refractivity contribution in [3.05, 3.63) is 41.2 Å². The first-order valence-electron chi connectivity index (χ1n) is 4.16. The third kappa shape index (κ3) is 3.70. The Bertz CT molecular complexity index is 459. The minimum Gasteiger partial charge on any atom is -0.478 e. The van der Waals surface area contributed by atoms with Gasteiger partial charge in [-0.05, 0) is 18.2 Å². The number of halogens is 2. The van der Waals surface area contributed by atoms with Crippen molar-refractivity contribution < 1.29 is 19.1 Å². The summed E-state index contributed by atoms with van der Waals surface area (Å²) in [6, 6.07) is 3.65. The molecule has 1 rings (SSSR count). The molecule has 16 heavy (non-hydrogen) atoms. The summed E-state index contributed by atoms with van der Waals surface area (Å²) in [5, 5.41) is 10.7. The molecule has 6 heteroatoms. The summed E-state index contributed by atoms with van der Waals surface area (Å²) >= 11 is 5.60. The summed E-state index contributed by atoms with van der Waals surface area (Å²) in [6.45, 7) is 0. The second-order valence-corrected chi connectivity index (χ2v) is 3.22. The van der Waals surface area contributed by atoms with Crippen molar-refractivity contribution in [3.63, 3.8) is 0 Å². The molecular weight excluding hydrogens is 237 g/mol. The third-order valence-electron chi connectivity index (χ3n) is 1.56. The number of carboxylic acid groups (broad SMARTS) is 1. The van der Waals surface area contributed by atoms with Gasteiger partial charge in [-0.2, -0.15) is 0 Å². The SMILES string of the molecule is O=C(O)/C=C/C(=O)Nc1cc(Cl)ccc1F. The molecule has 1 amide bonds. The van der Waals surface area contributed by atoms with Crippen LogP contribution in [0.2, 0.25) is 5.02 Å². The van der Waals surface area contributed by atoms with Gasteiger partial charge < -0.3 is 10.4 Å². The minimum absolute atomic E-state index is 0.104. The Labute approximate surface area is 95.3 Å². The van der Waals surface area contributed by atoms with Gasteiger partial charge in [0.1, 0.15) is 5.82 Å². The predicted molar refractivity (Wildman–Crippen MR) is 56.8 cm³/mol. The summed E-state index contributed by atoms with van der Waals surface area (Å²) in [5.74, 6) is -2.66. The van der Waals surface area contributed by atoms with Crippen LogP contribution in [0.15, 0.2) is 30.4 Å². The van der Waals surface area contributed by atoms with E-state index in [1.807, 2.05) is 0 Å². The maximum Gasteiger partial charge on any atom is 0.328 e. The van der Waals surface area contributed by atoms with Crippen LogP contribution in [0.3, 0.4) is 0 Å². The molecule has 0 atom stereocenters. The van der Waals surface area contributed by atoms with Gasteiger partial charge in [0, 0.05) is 17.2 Å². The van der Waals surface area contributed by atoms with Crippen LogP contribution in [0, 0.1) is 5.82 Å². The zero-order valence-electron chi connectivity index (χ0n) is 7.91. The van der Waals surface area contributed by atoms with Crippen LogP contribution in [0.1, 0.15) is 0 Å². The lowest BCUT2D eigenvalue weighted by Crippen LogP contribution is -2.10. The van der Waals surface area contributed by atoms with Gasteiger partial charge in [0.05, 0.1) is 5.69 Å². The number of anilines is 1. The first-order chi connectivity index (χ1) is 7.49. The lowest BCUT2D eigenvalue weighted by atomic mass is 10.3. The molecule has 4 nitrogen and oxygen atoms in total. The van der Waals surface area contributed by atoms with Crippen LogP contribution >= 0.6 is 11.6 Å². The molecule has 0 heterocycles. The first-order valence-corrected chi connectivity index (χ1v) is 4.54. The van der Waals surface area contributed by atoms with Crippen molar-refractivity contribution >= 4 is 29.2 Å². The van der Waals surface area contributed by atoms with Gasteiger partial charge in [-0.25, -0.2) is 9.18 Å². The summed E-state index contributed by atoms with van der Waals surface area (Å²) in [7, 11) is 0. The molecule has 0 radical (unpaired) electrons. The van der Waals surface area contributed by atoms with Gasteiger partial charge in [-0.1, -0.05) is 11.6 Å². The third-order valence-corrected chi connectivity index (χ3v) is 1.80. The van der Waals surface area contributed by atoms with Crippen molar-refractivity contribution in [2.45, 2.75) is 0 Å². The number of hydrogen-bond donors (Lipinski definition) is 2. The summed E-state index contributed by atoms with van der Waals surface area (Å²) < 4.78 is 13.1. The Balaban J connectivity index is 2.77. The number of carboxylic acids is 1.